The molecule has 100 valence electrons. The van der Waals surface area contributed by atoms with E-state index >= 15 is 0 Å². The van der Waals surface area contributed by atoms with Crippen LogP contribution in [0.4, 0.5) is 0 Å². The van der Waals surface area contributed by atoms with Crippen LogP contribution in [0.25, 0.3) is 0 Å². The van der Waals surface area contributed by atoms with E-state index in [0.29, 0.717) is 6.04 Å². The molecule has 0 aromatic carbocycles. The van der Waals surface area contributed by atoms with E-state index in [4.69, 9.17) is 0 Å². The molecule has 1 N–H and O–H groups in total. The van der Waals surface area contributed by atoms with E-state index in [9.17, 15) is 0 Å². The van der Waals surface area contributed by atoms with Crippen LogP contribution in [0.15, 0.2) is 12.4 Å². The summed E-state index contributed by atoms with van der Waals surface area (Å²) in [7, 11) is 0. The lowest BCUT2D eigenvalue weighted by Gasteiger charge is -2.21. The van der Waals surface area contributed by atoms with Gasteiger partial charge in [-0.2, -0.15) is 5.10 Å². The Morgan fingerprint density at radius 2 is 2.28 bits per heavy atom. The van der Waals surface area contributed by atoms with Crippen molar-refractivity contribution >= 4 is 0 Å². The van der Waals surface area contributed by atoms with Crippen LogP contribution >= 0.6 is 0 Å². The monoisotopic (exact) mass is 247 g/mol. The van der Waals surface area contributed by atoms with Crippen LogP contribution in [0.5, 0.6) is 0 Å². The van der Waals surface area contributed by atoms with Gasteiger partial charge in [0.2, 0.25) is 0 Å². The van der Waals surface area contributed by atoms with Gasteiger partial charge in [-0.15, -0.1) is 0 Å². The minimum atomic E-state index is 0.541. The highest BCUT2D eigenvalue weighted by Crippen LogP contribution is 2.48. The molecular weight excluding hydrogens is 222 g/mol. The third kappa shape index (κ3) is 2.61. The van der Waals surface area contributed by atoms with Crippen molar-refractivity contribution in [3.63, 3.8) is 0 Å². The van der Waals surface area contributed by atoms with Crippen LogP contribution in [0.1, 0.15) is 45.1 Å². The molecule has 3 nitrogen and oxygen atoms in total. The Morgan fingerprint density at radius 3 is 2.94 bits per heavy atom. The van der Waals surface area contributed by atoms with Crippen molar-refractivity contribution < 1.29 is 0 Å². The molecule has 1 heterocycles. The zero-order valence-corrected chi connectivity index (χ0v) is 11.6. The van der Waals surface area contributed by atoms with Gasteiger partial charge in [0.05, 0.1) is 6.20 Å². The third-order valence-corrected chi connectivity index (χ3v) is 4.71. The van der Waals surface area contributed by atoms with Gasteiger partial charge in [0, 0.05) is 30.9 Å². The molecule has 3 unspecified atom stereocenters. The molecule has 18 heavy (non-hydrogen) atoms. The van der Waals surface area contributed by atoms with Crippen LogP contribution in [-0.4, -0.2) is 15.8 Å². The van der Waals surface area contributed by atoms with Gasteiger partial charge in [-0.25, -0.2) is 0 Å². The Labute approximate surface area is 110 Å². The number of fused-ring (bicyclic) bond motifs is 2. The largest absolute Gasteiger partial charge is 0.310 e. The first-order valence-electron chi connectivity index (χ1n) is 7.45. The van der Waals surface area contributed by atoms with Gasteiger partial charge in [-0.3, -0.25) is 4.68 Å². The van der Waals surface area contributed by atoms with Crippen LogP contribution in [-0.2, 0) is 13.1 Å². The lowest BCUT2D eigenvalue weighted by molar-refractivity contribution is 0.285. The van der Waals surface area contributed by atoms with Crippen molar-refractivity contribution in [1.82, 2.24) is 15.1 Å². The second-order valence-corrected chi connectivity index (χ2v) is 6.54. The van der Waals surface area contributed by atoms with E-state index in [1.54, 1.807) is 0 Å². The second kappa shape index (κ2) is 5.04. The normalized spacial score (nSPS) is 30.5. The van der Waals surface area contributed by atoms with E-state index in [0.717, 1.165) is 30.8 Å². The van der Waals surface area contributed by atoms with Crippen molar-refractivity contribution in [3.8, 4) is 0 Å². The molecular formula is C15H25N3. The zero-order chi connectivity index (χ0) is 12.5. The molecule has 3 atom stereocenters. The summed E-state index contributed by atoms with van der Waals surface area (Å²) in [5, 5.41) is 7.96. The maximum Gasteiger partial charge on any atom is 0.0534 e. The number of nitrogens with one attached hydrogen (secondary N) is 1. The minimum absolute atomic E-state index is 0.541. The highest BCUT2D eigenvalue weighted by atomic mass is 15.3. The molecule has 2 aliphatic rings. The summed E-state index contributed by atoms with van der Waals surface area (Å²) in [5.74, 6) is 2.93. The van der Waals surface area contributed by atoms with Crippen molar-refractivity contribution in [2.75, 3.05) is 0 Å². The quantitative estimate of drug-likeness (QED) is 0.867. The van der Waals surface area contributed by atoms with Gasteiger partial charge in [-0.1, -0.05) is 20.3 Å². The molecule has 1 aromatic rings. The van der Waals surface area contributed by atoms with Gasteiger partial charge < -0.3 is 5.32 Å². The Hall–Kier alpha value is -0.830. The van der Waals surface area contributed by atoms with Gasteiger partial charge in [0.25, 0.3) is 0 Å². The fourth-order valence-corrected chi connectivity index (χ4v) is 3.76. The van der Waals surface area contributed by atoms with Gasteiger partial charge in [0.1, 0.15) is 0 Å². The molecule has 2 bridgehead atoms. The average molecular weight is 247 g/mol. The minimum Gasteiger partial charge on any atom is -0.310 e. The number of hydrogen-bond donors (Lipinski definition) is 1. The number of rotatable bonds is 5. The molecule has 2 fully saturated rings. The van der Waals surface area contributed by atoms with Crippen molar-refractivity contribution in [3.05, 3.63) is 18.0 Å². The summed E-state index contributed by atoms with van der Waals surface area (Å²) in [6, 6.07) is 0.541. The number of hydrogen-bond acceptors (Lipinski definition) is 2. The maximum atomic E-state index is 4.52. The fraction of sp³-hybridized carbons (Fsp3) is 0.800. The van der Waals surface area contributed by atoms with Crippen LogP contribution < -0.4 is 5.32 Å². The molecule has 0 spiro atoms. The SMILES string of the molecule is CC(C)NCc1cnn(CC2CC3CCC2C3)c1. The first-order chi connectivity index (χ1) is 8.70. The van der Waals surface area contributed by atoms with Crippen molar-refractivity contribution in [2.24, 2.45) is 17.8 Å². The molecule has 0 amide bonds. The average Bonchev–Trinajstić information content (AvgIpc) is 3.02. The molecule has 2 saturated carbocycles. The first-order valence-corrected chi connectivity index (χ1v) is 7.45. The second-order valence-electron chi connectivity index (χ2n) is 6.54. The van der Waals surface area contributed by atoms with E-state index in [-0.39, 0.29) is 0 Å². The van der Waals surface area contributed by atoms with Gasteiger partial charge in [0.15, 0.2) is 0 Å². The lowest BCUT2D eigenvalue weighted by Crippen LogP contribution is -2.21. The van der Waals surface area contributed by atoms with Crippen molar-refractivity contribution in [1.29, 1.82) is 0 Å². The molecule has 3 heteroatoms. The zero-order valence-electron chi connectivity index (χ0n) is 11.6. The highest BCUT2D eigenvalue weighted by molar-refractivity contribution is 5.04. The van der Waals surface area contributed by atoms with Crippen molar-refractivity contribution in [2.45, 2.75) is 58.7 Å². The summed E-state index contributed by atoms with van der Waals surface area (Å²) >= 11 is 0. The lowest BCUT2D eigenvalue weighted by atomic mass is 9.89. The molecule has 0 saturated heterocycles. The number of aromatic nitrogens is 2. The van der Waals surface area contributed by atoms with Crippen LogP contribution in [0, 0.1) is 17.8 Å². The molecule has 1 aromatic heterocycles. The molecule has 0 aliphatic heterocycles. The Kier molecular flexibility index (Phi) is 3.42. The summed E-state index contributed by atoms with van der Waals surface area (Å²) in [6.45, 7) is 6.44. The summed E-state index contributed by atoms with van der Waals surface area (Å²) in [5.41, 5.74) is 1.31. The molecule has 0 radical (unpaired) electrons. The first kappa shape index (κ1) is 12.2. The predicted molar refractivity (Wildman–Crippen MR) is 73.1 cm³/mol. The summed E-state index contributed by atoms with van der Waals surface area (Å²) in [4.78, 5) is 0. The topological polar surface area (TPSA) is 29.9 Å². The molecule has 3 rings (SSSR count). The van der Waals surface area contributed by atoms with Crippen LogP contribution in [0.2, 0.25) is 0 Å². The predicted octanol–water partition coefficient (Wildman–Crippen LogP) is 2.82. The summed E-state index contributed by atoms with van der Waals surface area (Å²) < 4.78 is 2.17. The van der Waals surface area contributed by atoms with Crippen LogP contribution in [0.3, 0.4) is 0 Å². The molecule has 2 aliphatic carbocycles. The van der Waals surface area contributed by atoms with E-state index in [2.05, 4.69) is 35.1 Å². The fourth-order valence-electron chi connectivity index (χ4n) is 3.76. The van der Waals surface area contributed by atoms with Gasteiger partial charge in [-0.05, 0) is 37.0 Å². The Balaban J connectivity index is 1.54. The van der Waals surface area contributed by atoms with E-state index in [1.807, 2.05) is 6.20 Å². The summed E-state index contributed by atoms with van der Waals surface area (Å²) in [6.07, 6.45) is 10.1. The highest BCUT2D eigenvalue weighted by Gasteiger charge is 2.39. The van der Waals surface area contributed by atoms with E-state index in [1.165, 1.54) is 31.2 Å². The maximum absolute atomic E-state index is 4.52. The van der Waals surface area contributed by atoms with E-state index < -0.39 is 0 Å². The Morgan fingerprint density at radius 1 is 1.39 bits per heavy atom. The Bertz CT molecular complexity index is 396. The smallest absolute Gasteiger partial charge is 0.0534 e. The number of nitrogens with zero attached hydrogens (tertiary/aromatic N) is 2. The standard InChI is InChI=1S/C15H25N3/c1-11(2)16-7-13-8-17-18(9-13)10-15-6-12-3-4-14(15)5-12/h8-9,11-12,14-16H,3-7,10H2,1-2H3. The van der Waals surface area contributed by atoms with Gasteiger partial charge >= 0.3 is 0 Å². The third-order valence-electron chi connectivity index (χ3n) is 4.71.